The van der Waals surface area contributed by atoms with Gasteiger partial charge in [-0.1, -0.05) is 46.1 Å². The average Bonchev–Trinajstić information content (AvgIpc) is 2.23. The second kappa shape index (κ2) is 5.73. The second-order valence-electron chi connectivity index (χ2n) is 5.29. The Balaban J connectivity index is 1.90. The first-order valence-electron chi connectivity index (χ1n) is 6.13. The molecule has 0 aromatic heterocycles. The molecule has 0 atom stereocenters. The molecule has 94 valence electrons. The Labute approximate surface area is 117 Å². The van der Waals surface area contributed by atoms with Gasteiger partial charge in [-0.3, -0.25) is 0 Å². The van der Waals surface area contributed by atoms with Crippen molar-refractivity contribution in [3.05, 3.63) is 34.9 Å². The third kappa shape index (κ3) is 3.46. The lowest BCUT2D eigenvalue weighted by Crippen LogP contribution is -2.41. The van der Waals surface area contributed by atoms with E-state index >= 15 is 0 Å². The van der Waals surface area contributed by atoms with Crippen LogP contribution in [0, 0.1) is 5.41 Å². The van der Waals surface area contributed by atoms with Crippen LogP contribution in [0.15, 0.2) is 24.3 Å². The summed E-state index contributed by atoms with van der Waals surface area (Å²) in [7, 11) is 2.20. The first-order chi connectivity index (χ1) is 8.13. The van der Waals surface area contributed by atoms with Gasteiger partial charge in [-0.2, -0.15) is 0 Å². The molecule has 3 heteroatoms. The van der Waals surface area contributed by atoms with Gasteiger partial charge in [-0.15, -0.1) is 0 Å². The fourth-order valence-corrected chi connectivity index (χ4v) is 3.54. The van der Waals surface area contributed by atoms with E-state index in [-0.39, 0.29) is 0 Å². The Kier molecular flexibility index (Phi) is 4.51. The van der Waals surface area contributed by atoms with E-state index in [4.69, 9.17) is 11.6 Å². The van der Waals surface area contributed by atoms with E-state index in [0.29, 0.717) is 5.41 Å². The van der Waals surface area contributed by atoms with Crippen molar-refractivity contribution in [2.75, 3.05) is 18.9 Å². The number of hydrogen-bond donors (Lipinski definition) is 0. The van der Waals surface area contributed by atoms with Gasteiger partial charge in [0.25, 0.3) is 0 Å². The summed E-state index contributed by atoms with van der Waals surface area (Å²) in [4.78, 5) is 2.41. The fourth-order valence-electron chi connectivity index (χ4n) is 2.59. The predicted molar refractivity (Wildman–Crippen MR) is 77.9 cm³/mol. The van der Waals surface area contributed by atoms with E-state index in [2.05, 4.69) is 40.0 Å². The van der Waals surface area contributed by atoms with Crippen molar-refractivity contribution in [1.82, 2.24) is 4.90 Å². The fraction of sp³-hybridized carbons (Fsp3) is 0.571. The molecule has 1 nitrogen and oxygen atoms in total. The molecule has 1 fully saturated rings. The van der Waals surface area contributed by atoms with Crippen LogP contribution in [0.25, 0.3) is 0 Å². The molecule has 0 saturated heterocycles. The van der Waals surface area contributed by atoms with Gasteiger partial charge in [-0.25, -0.2) is 0 Å². The molecule has 0 amide bonds. The van der Waals surface area contributed by atoms with Crippen molar-refractivity contribution in [2.24, 2.45) is 5.41 Å². The van der Waals surface area contributed by atoms with Crippen LogP contribution in [0.4, 0.5) is 0 Å². The third-order valence-corrected chi connectivity index (χ3v) is 5.07. The zero-order valence-corrected chi connectivity index (χ0v) is 12.6. The second-order valence-corrected chi connectivity index (χ2v) is 6.29. The van der Waals surface area contributed by atoms with Gasteiger partial charge in [0.05, 0.1) is 0 Å². The summed E-state index contributed by atoms with van der Waals surface area (Å²) in [5, 5.41) is 1.95. The number of rotatable bonds is 5. The largest absolute Gasteiger partial charge is 0.302 e. The maximum absolute atomic E-state index is 6.00. The minimum absolute atomic E-state index is 0.521. The van der Waals surface area contributed by atoms with Crippen LogP contribution < -0.4 is 0 Å². The molecule has 1 aliphatic carbocycles. The zero-order chi connectivity index (χ0) is 12.3. The maximum atomic E-state index is 6.00. The monoisotopic (exact) mass is 315 g/mol. The van der Waals surface area contributed by atoms with Gasteiger partial charge < -0.3 is 4.90 Å². The molecule has 17 heavy (non-hydrogen) atoms. The first-order valence-corrected chi connectivity index (χ1v) is 7.62. The van der Waals surface area contributed by atoms with Crippen LogP contribution in [0.3, 0.4) is 0 Å². The first kappa shape index (κ1) is 13.4. The van der Waals surface area contributed by atoms with Crippen LogP contribution in [0.1, 0.15) is 24.8 Å². The Morgan fingerprint density at radius 1 is 1.41 bits per heavy atom. The van der Waals surface area contributed by atoms with E-state index in [1.165, 1.54) is 31.4 Å². The topological polar surface area (TPSA) is 3.24 Å². The number of benzene rings is 1. The number of alkyl halides is 1. The zero-order valence-electron chi connectivity index (χ0n) is 10.3. The van der Waals surface area contributed by atoms with Crippen molar-refractivity contribution in [3.8, 4) is 0 Å². The lowest BCUT2D eigenvalue weighted by molar-refractivity contribution is 0.102. The van der Waals surface area contributed by atoms with E-state index in [0.717, 1.165) is 16.9 Å². The van der Waals surface area contributed by atoms with Gasteiger partial charge in [0, 0.05) is 23.4 Å². The van der Waals surface area contributed by atoms with E-state index in [9.17, 15) is 0 Å². The quantitative estimate of drug-likeness (QED) is 0.731. The molecule has 0 N–H and O–H groups in total. The lowest BCUT2D eigenvalue weighted by atomic mass is 9.70. The van der Waals surface area contributed by atoms with Crippen LogP contribution in [0.5, 0.6) is 0 Å². The summed E-state index contributed by atoms with van der Waals surface area (Å²) in [6, 6.07) is 8.15. The molecule has 0 heterocycles. The Morgan fingerprint density at radius 3 is 2.71 bits per heavy atom. The minimum atomic E-state index is 0.521. The molecule has 0 spiro atoms. The van der Waals surface area contributed by atoms with E-state index in [1.54, 1.807) is 0 Å². The van der Waals surface area contributed by atoms with Gasteiger partial charge in [-0.05, 0) is 43.0 Å². The predicted octanol–water partition coefficient (Wildman–Crippen LogP) is 4.34. The maximum Gasteiger partial charge on any atom is 0.0409 e. The highest BCUT2D eigenvalue weighted by molar-refractivity contribution is 9.09. The molecule has 2 rings (SSSR count). The van der Waals surface area contributed by atoms with E-state index < -0.39 is 0 Å². The Morgan fingerprint density at radius 2 is 2.18 bits per heavy atom. The van der Waals surface area contributed by atoms with Gasteiger partial charge in [0.1, 0.15) is 0 Å². The molecular formula is C14H19BrClN. The highest BCUT2D eigenvalue weighted by Gasteiger charge is 2.36. The highest BCUT2D eigenvalue weighted by Crippen LogP contribution is 2.42. The van der Waals surface area contributed by atoms with Crippen molar-refractivity contribution >= 4 is 27.5 Å². The standard InChI is InChI=1S/C14H19BrClN/c1-17(11-14(10-15)6-3-7-14)9-12-4-2-5-13(16)8-12/h2,4-5,8H,3,6-7,9-11H2,1H3. The van der Waals surface area contributed by atoms with Crippen LogP contribution in [0.2, 0.25) is 5.02 Å². The highest BCUT2D eigenvalue weighted by atomic mass is 79.9. The van der Waals surface area contributed by atoms with Gasteiger partial charge >= 0.3 is 0 Å². The average molecular weight is 317 g/mol. The van der Waals surface area contributed by atoms with Crippen molar-refractivity contribution < 1.29 is 0 Å². The molecule has 0 aliphatic heterocycles. The van der Waals surface area contributed by atoms with Crippen LogP contribution >= 0.6 is 27.5 Å². The summed E-state index contributed by atoms with van der Waals surface area (Å²) >= 11 is 9.66. The number of halogens is 2. The van der Waals surface area contributed by atoms with Crippen LogP contribution in [-0.2, 0) is 6.54 Å². The minimum Gasteiger partial charge on any atom is -0.302 e. The molecule has 1 saturated carbocycles. The number of nitrogens with zero attached hydrogens (tertiary/aromatic N) is 1. The normalized spacial score (nSPS) is 18.1. The summed E-state index contributed by atoms with van der Waals surface area (Å²) in [6.45, 7) is 2.15. The molecule has 0 bridgehead atoms. The van der Waals surface area contributed by atoms with Crippen molar-refractivity contribution in [3.63, 3.8) is 0 Å². The smallest absolute Gasteiger partial charge is 0.0409 e. The lowest BCUT2D eigenvalue weighted by Gasteiger charge is -2.43. The molecule has 1 aromatic carbocycles. The molecule has 0 unspecified atom stereocenters. The molecule has 0 radical (unpaired) electrons. The summed E-state index contributed by atoms with van der Waals surface area (Å²) < 4.78 is 0. The Hall–Kier alpha value is -0.0500. The van der Waals surface area contributed by atoms with Gasteiger partial charge in [0.15, 0.2) is 0 Å². The summed E-state index contributed by atoms with van der Waals surface area (Å²) in [5.41, 5.74) is 1.82. The van der Waals surface area contributed by atoms with Crippen molar-refractivity contribution in [2.45, 2.75) is 25.8 Å². The summed E-state index contributed by atoms with van der Waals surface area (Å²) in [6.07, 6.45) is 4.10. The Bertz CT molecular complexity index is 371. The van der Waals surface area contributed by atoms with E-state index in [1.807, 2.05) is 12.1 Å². The number of hydrogen-bond acceptors (Lipinski definition) is 1. The SMILES string of the molecule is CN(Cc1cccc(Cl)c1)CC1(CBr)CCC1. The van der Waals surface area contributed by atoms with Gasteiger partial charge in [0.2, 0.25) is 0 Å². The molecular weight excluding hydrogens is 298 g/mol. The molecule has 1 aromatic rings. The summed E-state index contributed by atoms with van der Waals surface area (Å²) in [5.74, 6) is 0. The van der Waals surface area contributed by atoms with Crippen molar-refractivity contribution in [1.29, 1.82) is 0 Å². The third-order valence-electron chi connectivity index (χ3n) is 3.64. The molecule has 1 aliphatic rings. The van der Waals surface area contributed by atoms with Crippen LogP contribution in [-0.4, -0.2) is 23.8 Å².